The van der Waals surface area contributed by atoms with Crippen molar-refractivity contribution in [2.75, 3.05) is 0 Å². The third-order valence-electron chi connectivity index (χ3n) is 2.06. The molecule has 5 heteroatoms. The van der Waals surface area contributed by atoms with Gasteiger partial charge < -0.3 is 5.11 Å². The summed E-state index contributed by atoms with van der Waals surface area (Å²) < 4.78 is 50.1. The van der Waals surface area contributed by atoms with Crippen LogP contribution in [0.3, 0.4) is 0 Å². The molecule has 1 atom stereocenters. The molecular weight excluding hydrogens is 212 g/mol. The van der Waals surface area contributed by atoms with Gasteiger partial charge in [-0.15, -0.1) is 0 Å². The minimum atomic E-state index is -4.57. The molecule has 1 aromatic carbocycles. The highest BCUT2D eigenvalue weighted by atomic mass is 19.4. The maximum Gasteiger partial charge on any atom is 0.416 e. The predicted molar refractivity (Wildman–Crippen MR) is 46.7 cm³/mol. The lowest BCUT2D eigenvalue weighted by Crippen LogP contribution is -2.12. The zero-order valence-electron chi connectivity index (χ0n) is 7.98. The van der Waals surface area contributed by atoms with Crippen LogP contribution in [-0.2, 0) is 6.18 Å². The van der Waals surface area contributed by atoms with Crippen LogP contribution in [0.25, 0.3) is 0 Å². The van der Waals surface area contributed by atoms with Gasteiger partial charge in [-0.3, -0.25) is 0 Å². The van der Waals surface area contributed by atoms with Crippen LogP contribution >= 0.6 is 0 Å². The second kappa shape index (κ2) is 4.18. The summed E-state index contributed by atoms with van der Waals surface area (Å²) in [5.41, 5.74) is -1.40. The van der Waals surface area contributed by atoms with Crippen molar-refractivity contribution in [2.45, 2.75) is 25.6 Å². The summed E-state index contributed by atoms with van der Waals surface area (Å²) in [6.45, 7) is 1.52. The molecule has 1 N–H and O–H groups in total. The molecule has 84 valence electrons. The molecule has 15 heavy (non-hydrogen) atoms. The molecule has 0 radical (unpaired) electrons. The van der Waals surface area contributed by atoms with Crippen LogP contribution in [0.2, 0.25) is 0 Å². The summed E-state index contributed by atoms with van der Waals surface area (Å²) in [6, 6.07) is 2.09. The third kappa shape index (κ3) is 2.68. The number of alkyl halides is 3. The molecule has 1 aromatic rings. The topological polar surface area (TPSA) is 20.2 Å². The lowest BCUT2D eigenvalue weighted by Gasteiger charge is -2.16. The van der Waals surface area contributed by atoms with Crippen LogP contribution in [0.4, 0.5) is 17.6 Å². The number of hydrogen-bond acceptors (Lipinski definition) is 1. The van der Waals surface area contributed by atoms with Crippen molar-refractivity contribution in [3.8, 4) is 0 Å². The van der Waals surface area contributed by atoms with E-state index in [0.717, 1.165) is 12.1 Å². The van der Waals surface area contributed by atoms with Gasteiger partial charge >= 0.3 is 6.18 Å². The molecule has 0 aromatic heterocycles. The van der Waals surface area contributed by atoms with Crippen molar-refractivity contribution in [3.05, 3.63) is 35.1 Å². The normalized spacial score (nSPS) is 14.0. The van der Waals surface area contributed by atoms with Gasteiger partial charge in [0.1, 0.15) is 5.82 Å². The average Bonchev–Trinajstić information content (AvgIpc) is 2.14. The van der Waals surface area contributed by atoms with Gasteiger partial charge in [0.25, 0.3) is 0 Å². The molecule has 0 saturated heterocycles. The Morgan fingerprint density at radius 3 is 2.40 bits per heavy atom. The lowest BCUT2D eigenvalue weighted by molar-refractivity contribution is -0.139. The van der Waals surface area contributed by atoms with Gasteiger partial charge in [0.2, 0.25) is 0 Å². The first kappa shape index (κ1) is 12.0. The molecule has 0 aliphatic heterocycles. The third-order valence-corrected chi connectivity index (χ3v) is 2.06. The zero-order chi connectivity index (χ0) is 11.6. The highest BCUT2D eigenvalue weighted by molar-refractivity contribution is 5.32. The highest BCUT2D eigenvalue weighted by Crippen LogP contribution is 2.35. The van der Waals surface area contributed by atoms with Crippen molar-refractivity contribution in [2.24, 2.45) is 0 Å². The molecular formula is C10H10F4O. The first-order valence-electron chi connectivity index (χ1n) is 4.41. The van der Waals surface area contributed by atoms with Gasteiger partial charge in [0.05, 0.1) is 11.7 Å². The van der Waals surface area contributed by atoms with E-state index in [0.29, 0.717) is 6.07 Å². The fourth-order valence-corrected chi connectivity index (χ4v) is 1.29. The first-order valence-corrected chi connectivity index (χ1v) is 4.41. The average molecular weight is 222 g/mol. The van der Waals surface area contributed by atoms with E-state index in [1.165, 1.54) is 6.92 Å². The van der Waals surface area contributed by atoms with Crippen molar-refractivity contribution in [1.82, 2.24) is 0 Å². The smallest absolute Gasteiger partial charge is 0.388 e. The quantitative estimate of drug-likeness (QED) is 0.761. The van der Waals surface area contributed by atoms with Gasteiger partial charge in [-0.1, -0.05) is 6.92 Å². The van der Waals surface area contributed by atoms with Crippen LogP contribution in [0.5, 0.6) is 0 Å². The van der Waals surface area contributed by atoms with Crippen molar-refractivity contribution in [1.29, 1.82) is 0 Å². The molecule has 0 amide bonds. The van der Waals surface area contributed by atoms with Gasteiger partial charge in [0, 0.05) is 0 Å². The van der Waals surface area contributed by atoms with Gasteiger partial charge in [-0.2, -0.15) is 13.2 Å². The maximum atomic E-state index is 12.8. The van der Waals surface area contributed by atoms with Gasteiger partial charge in [0.15, 0.2) is 0 Å². The Morgan fingerprint density at radius 1 is 1.33 bits per heavy atom. The Labute approximate surface area is 84.3 Å². The highest BCUT2D eigenvalue weighted by Gasteiger charge is 2.34. The van der Waals surface area contributed by atoms with Crippen LogP contribution in [0.15, 0.2) is 18.2 Å². The molecule has 0 fully saturated rings. The molecule has 0 heterocycles. The van der Waals surface area contributed by atoms with E-state index in [1.807, 2.05) is 0 Å². The fraction of sp³-hybridized carbons (Fsp3) is 0.400. The number of aliphatic hydroxyl groups is 1. The summed E-state index contributed by atoms with van der Waals surface area (Å²) >= 11 is 0. The Balaban J connectivity index is 3.27. The van der Waals surface area contributed by atoms with E-state index in [1.54, 1.807) is 0 Å². The Kier molecular flexibility index (Phi) is 3.34. The second-order valence-electron chi connectivity index (χ2n) is 3.15. The lowest BCUT2D eigenvalue weighted by atomic mass is 10.00. The molecule has 1 nitrogen and oxygen atoms in total. The molecule has 0 aliphatic rings. The fourth-order valence-electron chi connectivity index (χ4n) is 1.29. The standard InChI is InChI=1S/C10H10F4O/c1-2-9(15)7-5-6(11)3-4-8(7)10(12,13)14/h3-5,9,15H,2H2,1H3/t9-/m1/s1. The maximum absolute atomic E-state index is 12.8. The summed E-state index contributed by atoms with van der Waals surface area (Å²) in [6.07, 6.45) is -5.76. The van der Waals surface area contributed by atoms with E-state index < -0.39 is 29.2 Å². The largest absolute Gasteiger partial charge is 0.416 e. The number of aliphatic hydroxyl groups excluding tert-OH is 1. The Morgan fingerprint density at radius 2 is 1.93 bits per heavy atom. The number of halogens is 4. The van der Waals surface area contributed by atoms with Gasteiger partial charge in [-0.05, 0) is 30.2 Å². The SMILES string of the molecule is CC[C@@H](O)c1cc(F)ccc1C(F)(F)F. The van der Waals surface area contributed by atoms with Crippen molar-refractivity contribution >= 4 is 0 Å². The summed E-state index contributed by atoms with van der Waals surface area (Å²) in [4.78, 5) is 0. The van der Waals surface area contributed by atoms with E-state index in [-0.39, 0.29) is 6.42 Å². The number of benzene rings is 1. The monoisotopic (exact) mass is 222 g/mol. The summed E-state index contributed by atoms with van der Waals surface area (Å²) in [5.74, 6) is -0.787. The minimum Gasteiger partial charge on any atom is -0.388 e. The molecule has 0 saturated carbocycles. The molecule has 1 rings (SSSR count). The zero-order valence-corrected chi connectivity index (χ0v) is 7.98. The summed E-state index contributed by atoms with van der Waals surface area (Å²) in [5, 5.41) is 9.33. The Hall–Kier alpha value is -1.10. The number of hydrogen-bond donors (Lipinski definition) is 1. The number of rotatable bonds is 2. The predicted octanol–water partition coefficient (Wildman–Crippen LogP) is 3.29. The van der Waals surface area contributed by atoms with Crippen LogP contribution in [0, 0.1) is 5.82 Å². The molecule has 0 spiro atoms. The first-order chi connectivity index (χ1) is 6.86. The van der Waals surface area contributed by atoms with E-state index >= 15 is 0 Å². The second-order valence-corrected chi connectivity index (χ2v) is 3.15. The summed E-state index contributed by atoms with van der Waals surface area (Å²) in [7, 11) is 0. The minimum absolute atomic E-state index is 0.104. The van der Waals surface area contributed by atoms with Crippen molar-refractivity contribution < 1.29 is 22.7 Å². The molecule has 0 aliphatic carbocycles. The van der Waals surface area contributed by atoms with Crippen molar-refractivity contribution in [3.63, 3.8) is 0 Å². The molecule has 0 unspecified atom stereocenters. The van der Waals surface area contributed by atoms with Crippen LogP contribution in [0.1, 0.15) is 30.6 Å². The van der Waals surface area contributed by atoms with E-state index in [4.69, 9.17) is 0 Å². The molecule has 0 bridgehead atoms. The van der Waals surface area contributed by atoms with E-state index in [2.05, 4.69) is 0 Å². The Bertz CT molecular complexity index is 346. The van der Waals surface area contributed by atoms with E-state index in [9.17, 15) is 22.7 Å². The van der Waals surface area contributed by atoms with Gasteiger partial charge in [-0.25, -0.2) is 4.39 Å². The van der Waals surface area contributed by atoms with Crippen LogP contribution in [-0.4, -0.2) is 5.11 Å². The van der Waals surface area contributed by atoms with Crippen LogP contribution < -0.4 is 0 Å².